The number of primary amides is 1. The summed E-state index contributed by atoms with van der Waals surface area (Å²) in [7, 11) is 2.69. The van der Waals surface area contributed by atoms with Crippen molar-refractivity contribution in [1.29, 1.82) is 5.26 Å². The number of carbonyl (C=O) groups is 1. The molecule has 6 rings (SSSR count). The second-order valence-electron chi connectivity index (χ2n) is 10.8. The van der Waals surface area contributed by atoms with Gasteiger partial charge in [-0.25, -0.2) is 36.7 Å². The highest BCUT2D eigenvalue weighted by Gasteiger charge is 2.11. The normalized spacial score (nSPS) is 10.1. The van der Waals surface area contributed by atoms with Gasteiger partial charge in [-0.05, 0) is 69.3 Å². The molecule has 9 N–H and O–H groups in total. The third kappa shape index (κ3) is 23.7. The van der Waals surface area contributed by atoms with E-state index in [4.69, 9.17) is 70.0 Å². The second-order valence-corrected chi connectivity index (χ2v) is 14.6. The molecule has 4 aromatic carbocycles. The van der Waals surface area contributed by atoms with Crippen molar-refractivity contribution in [3.05, 3.63) is 135 Å². The predicted octanol–water partition coefficient (Wildman–Crippen LogP) is 7.04. The lowest BCUT2D eigenvalue weighted by molar-refractivity contribution is -0.282. The number of rotatable bonds is 7. The van der Waals surface area contributed by atoms with Crippen molar-refractivity contribution in [2.24, 2.45) is 5.73 Å². The molecule has 0 radical (unpaired) electrons. The lowest BCUT2D eigenvalue weighted by atomic mass is 10.1. The van der Waals surface area contributed by atoms with Crippen LogP contribution < -0.4 is 22.8 Å². The Labute approximate surface area is 379 Å². The van der Waals surface area contributed by atoms with Crippen molar-refractivity contribution >= 4 is 91.7 Å². The molecule has 0 aliphatic heterocycles. The van der Waals surface area contributed by atoms with Gasteiger partial charge in [0, 0.05) is 46.9 Å². The molecule has 0 unspecified atom stereocenters. The van der Waals surface area contributed by atoms with E-state index in [1.165, 1.54) is 61.2 Å². The van der Waals surface area contributed by atoms with E-state index in [1.807, 2.05) is 20.8 Å². The van der Waals surface area contributed by atoms with Crippen LogP contribution in [0.1, 0.15) is 36.7 Å². The summed E-state index contributed by atoms with van der Waals surface area (Å²) in [6, 6.07) is 18.7. The Morgan fingerprint density at radius 3 is 1.59 bits per heavy atom. The molecule has 27 heteroatoms. The number of carbonyl (C=O) groups excluding carboxylic acids is 1. The van der Waals surface area contributed by atoms with Crippen molar-refractivity contribution in [2.45, 2.75) is 27.2 Å². The molecule has 2 heterocycles. The summed E-state index contributed by atoms with van der Waals surface area (Å²) in [5.41, 5.74) is 15.8. The number of halogens is 7. The molecule has 0 bridgehead atoms. The monoisotopic (exact) mass is 1000 g/mol. The summed E-state index contributed by atoms with van der Waals surface area (Å²) in [6.45, 7) is 7.10. The van der Waals surface area contributed by atoms with Crippen LogP contribution in [0.4, 0.5) is 28.9 Å². The number of nitrogens with zero attached hydrogens (tertiary/aromatic N) is 4. The third-order valence-electron chi connectivity index (χ3n) is 6.54. The van der Waals surface area contributed by atoms with Crippen LogP contribution in [0.3, 0.4) is 0 Å². The molecule has 0 saturated heterocycles. The standard InChI is InChI=1S/C8H4ClFN2.C8H5FN2O.C7H7FN2O.C7H5FN2.C7H16O3.Cl2OS.H2O4S/c9-8-7-5(10)2-1-3-6(7)11-4-12-8;9-5-2-1-3-6-7(5)8(12)11-4-10-6;8-4-2-1-3-5(9)6(4)7(10)11;8-6-2-1-3-7(10)5(6)4-9;1-4-8-7(9-5-2)10-6-3;1-4(2)3;1-5(2,3)4/h1-4H;1-4H,(H,10,11,12);1-3H,9H2,(H2,10,11);1-3H,10H2;7H,4-6H2,1-3H3;;(H2,1,2,3,4). The highest BCUT2D eigenvalue weighted by Crippen LogP contribution is 2.21. The molecular weight excluding hydrogens is 963 g/mol. The minimum Gasteiger partial charge on any atom is -0.398 e. The SMILES string of the molecule is CCOC(OCC)OCC.Fc1cccc2ncnc(Cl)c12.N#Cc1c(N)cccc1F.NC(=O)c1c(N)cccc1F.O=S(=O)(O)O.O=S(Cl)Cl.O=c1[nH]cnc2cccc(F)c12. The fourth-order valence-electron chi connectivity index (χ4n) is 4.12. The summed E-state index contributed by atoms with van der Waals surface area (Å²) in [4.78, 5) is 35.3. The first-order valence-corrected chi connectivity index (χ1v) is 21.8. The van der Waals surface area contributed by atoms with E-state index >= 15 is 0 Å². The van der Waals surface area contributed by atoms with Gasteiger partial charge in [0.25, 0.3) is 17.9 Å². The fraction of sp³-hybridized carbons (Fsp3) is 0.189. The molecule has 0 spiro atoms. The van der Waals surface area contributed by atoms with Crippen molar-refractivity contribution < 1.29 is 58.3 Å². The van der Waals surface area contributed by atoms with Crippen molar-refractivity contribution in [1.82, 2.24) is 19.9 Å². The number of ether oxygens (including phenoxy) is 3. The smallest absolute Gasteiger partial charge is 0.394 e. The first-order chi connectivity index (χ1) is 30.0. The van der Waals surface area contributed by atoms with Crippen molar-refractivity contribution in [3.63, 3.8) is 0 Å². The van der Waals surface area contributed by atoms with Crippen LogP contribution >= 0.6 is 33.0 Å². The van der Waals surface area contributed by atoms with Crippen molar-refractivity contribution in [3.8, 4) is 6.07 Å². The third-order valence-corrected chi connectivity index (χ3v) is 6.83. The Balaban J connectivity index is 0.000000742. The van der Waals surface area contributed by atoms with Gasteiger partial charge in [-0.15, -0.1) is 0 Å². The number of aromatic nitrogens is 4. The minimum atomic E-state index is -4.67. The number of fused-ring (bicyclic) bond motifs is 2. The lowest BCUT2D eigenvalue weighted by Crippen LogP contribution is -2.20. The highest BCUT2D eigenvalue weighted by atomic mass is 36.0. The summed E-state index contributed by atoms with van der Waals surface area (Å²) in [6.07, 6.45) is 2.56. The molecule has 1 amide bonds. The number of nitrogens with one attached hydrogen (secondary N) is 1. The van der Waals surface area contributed by atoms with Gasteiger partial charge in [0.05, 0.1) is 34.0 Å². The van der Waals surface area contributed by atoms with E-state index in [2.05, 4.69) is 41.3 Å². The van der Waals surface area contributed by atoms with Crippen LogP contribution in [-0.2, 0) is 33.8 Å². The quantitative estimate of drug-likeness (QED) is 0.0233. The molecule has 18 nitrogen and oxygen atoms in total. The van der Waals surface area contributed by atoms with Gasteiger partial charge >= 0.3 is 10.4 Å². The zero-order valence-electron chi connectivity index (χ0n) is 33.4. The first-order valence-electron chi connectivity index (χ1n) is 17.3. The van der Waals surface area contributed by atoms with Crippen LogP contribution in [0.2, 0.25) is 5.15 Å². The van der Waals surface area contributed by atoms with Gasteiger partial charge in [-0.2, -0.15) is 13.7 Å². The molecule has 348 valence electrons. The number of nitriles is 1. The van der Waals surface area contributed by atoms with Crippen LogP contribution in [0.15, 0.2) is 90.2 Å². The van der Waals surface area contributed by atoms with Gasteiger partial charge < -0.3 is 36.4 Å². The largest absolute Gasteiger partial charge is 0.398 e. The van der Waals surface area contributed by atoms with Gasteiger partial charge in [-0.1, -0.05) is 35.9 Å². The number of hydrogen-bond acceptors (Lipinski definition) is 14. The molecule has 2 aromatic heterocycles. The Morgan fingerprint density at radius 1 is 0.797 bits per heavy atom. The lowest BCUT2D eigenvalue weighted by Gasteiger charge is -2.15. The zero-order chi connectivity index (χ0) is 49.0. The van der Waals surface area contributed by atoms with Crippen molar-refractivity contribution in [2.75, 3.05) is 31.3 Å². The number of nitrogen functional groups attached to an aromatic ring is 2. The summed E-state index contributed by atoms with van der Waals surface area (Å²) in [5.74, 6) is -3.03. The van der Waals surface area contributed by atoms with Crippen LogP contribution in [0.5, 0.6) is 0 Å². The Bertz CT molecular complexity index is 2530. The van der Waals surface area contributed by atoms with Crippen LogP contribution in [0, 0.1) is 34.6 Å². The Hall–Kier alpha value is -5.59. The molecule has 0 atom stereocenters. The topological polar surface area (TPSA) is 310 Å². The van der Waals surface area contributed by atoms with E-state index in [0.717, 1.165) is 6.07 Å². The highest BCUT2D eigenvalue weighted by molar-refractivity contribution is 8.26. The van der Waals surface area contributed by atoms with E-state index < -0.39 is 60.8 Å². The fourth-order valence-corrected chi connectivity index (χ4v) is 4.35. The van der Waals surface area contributed by atoms with Crippen LogP contribution in [0.25, 0.3) is 21.8 Å². The van der Waals surface area contributed by atoms with E-state index in [1.54, 1.807) is 24.3 Å². The summed E-state index contributed by atoms with van der Waals surface area (Å²) >= 11 is 5.67. The van der Waals surface area contributed by atoms with E-state index in [0.29, 0.717) is 30.9 Å². The average molecular weight is 1000 g/mol. The number of H-pyrrole nitrogens is 1. The number of amides is 1. The Kier molecular flexibility index (Phi) is 28.6. The number of benzene rings is 4. The van der Waals surface area contributed by atoms with Crippen LogP contribution in [-0.4, -0.2) is 73.9 Å². The number of nitrogens with two attached hydrogens (primary N) is 3. The number of anilines is 2. The molecule has 0 fully saturated rings. The predicted molar refractivity (Wildman–Crippen MR) is 234 cm³/mol. The van der Waals surface area contributed by atoms with Gasteiger partial charge in [0.15, 0.2) is 0 Å². The van der Waals surface area contributed by atoms with Gasteiger partial charge in [-0.3, -0.25) is 18.7 Å². The second kappa shape index (κ2) is 31.3. The number of hydrogen-bond donors (Lipinski definition) is 6. The molecule has 0 saturated carbocycles. The first kappa shape index (κ1) is 58.4. The molecule has 6 aromatic rings. The van der Waals surface area contributed by atoms with E-state index in [-0.39, 0.29) is 38.4 Å². The summed E-state index contributed by atoms with van der Waals surface area (Å²) < 4.78 is 107. The Morgan fingerprint density at radius 2 is 1.22 bits per heavy atom. The molecule has 64 heavy (non-hydrogen) atoms. The van der Waals surface area contributed by atoms with E-state index in [9.17, 15) is 27.2 Å². The van der Waals surface area contributed by atoms with Gasteiger partial charge in [0.1, 0.15) is 51.8 Å². The minimum absolute atomic E-state index is 0.0139. The maximum Gasteiger partial charge on any atom is 0.394 e. The molecule has 0 aliphatic rings. The molecule has 0 aliphatic carbocycles. The van der Waals surface area contributed by atoms with Gasteiger partial charge in [0.2, 0.25) is 9.23 Å². The number of aromatic amines is 1. The zero-order valence-corrected chi connectivity index (χ0v) is 37.3. The maximum absolute atomic E-state index is 13.1. The molecular formula is C37H39Cl3F4N8O10S2. The maximum atomic E-state index is 13.1. The average Bonchev–Trinajstić information content (AvgIpc) is 3.19. The summed E-state index contributed by atoms with van der Waals surface area (Å²) in [5, 5.41) is 8.77.